The first kappa shape index (κ1) is 14.9. The predicted octanol–water partition coefficient (Wildman–Crippen LogP) is 2.55. The van der Waals surface area contributed by atoms with Gasteiger partial charge in [-0.2, -0.15) is 0 Å². The first-order valence-electron chi connectivity index (χ1n) is 8.38. The molecule has 2 aromatic rings. The molecule has 4 rings (SSSR count). The van der Waals surface area contributed by atoms with Crippen LogP contribution in [0.5, 0.6) is 0 Å². The SMILES string of the molecule is CC(=O)N1c2ccccc2CC1C(=O)N1CCc2ccccc2C1. The Morgan fingerprint density at radius 2 is 1.62 bits per heavy atom. The van der Waals surface area contributed by atoms with E-state index in [1.165, 1.54) is 18.1 Å². The topological polar surface area (TPSA) is 40.6 Å². The van der Waals surface area contributed by atoms with Crippen LogP contribution in [0.15, 0.2) is 48.5 Å². The highest BCUT2D eigenvalue weighted by atomic mass is 16.2. The van der Waals surface area contributed by atoms with Crippen molar-refractivity contribution < 1.29 is 9.59 Å². The van der Waals surface area contributed by atoms with Gasteiger partial charge in [-0.3, -0.25) is 14.5 Å². The number of amides is 2. The van der Waals surface area contributed by atoms with Gasteiger partial charge in [-0.05, 0) is 29.2 Å². The average Bonchev–Trinajstić information content (AvgIpc) is 3.00. The lowest BCUT2D eigenvalue weighted by atomic mass is 9.99. The van der Waals surface area contributed by atoms with Gasteiger partial charge in [0.25, 0.3) is 0 Å². The molecule has 0 spiro atoms. The van der Waals surface area contributed by atoms with Crippen LogP contribution in [0.2, 0.25) is 0 Å². The fourth-order valence-electron chi connectivity index (χ4n) is 3.87. The zero-order chi connectivity index (χ0) is 16.7. The quantitative estimate of drug-likeness (QED) is 0.810. The lowest BCUT2D eigenvalue weighted by Gasteiger charge is -2.33. The third-order valence-electron chi connectivity index (χ3n) is 5.04. The van der Waals surface area contributed by atoms with Gasteiger partial charge < -0.3 is 4.90 Å². The molecule has 1 unspecified atom stereocenters. The van der Waals surface area contributed by atoms with E-state index in [0.717, 1.165) is 17.7 Å². The molecule has 0 radical (unpaired) electrons. The summed E-state index contributed by atoms with van der Waals surface area (Å²) in [6, 6.07) is 15.7. The monoisotopic (exact) mass is 320 g/mol. The van der Waals surface area contributed by atoms with Gasteiger partial charge in [0.2, 0.25) is 11.8 Å². The number of para-hydroxylation sites is 1. The largest absolute Gasteiger partial charge is 0.336 e. The van der Waals surface area contributed by atoms with E-state index in [9.17, 15) is 9.59 Å². The summed E-state index contributed by atoms with van der Waals surface area (Å²) >= 11 is 0. The van der Waals surface area contributed by atoms with Crippen molar-refractivity contribution in [3.05, 3.63) is 65.2 Å². The molecular weight excluding hydrogens is 300 g/mol. The van der Waals surface area contributed by atoms with Crippen LogP contribution in [0, 0.1) is 0 Å². The zero-order valence-electron chi connectivity index (χ0n) is 13.7. The summed E-state index contributed by atoms with van der Waals surface area (Å²) in [5, 5.41) is 0. The van der Waals surface area contributed by atoms with Crippen molar-refractivity contribution in [2.75, 3.05) is 11.4 Å². The summed E-state index contributed by atoms with van der Waals surface area (Å²) in [4.78, 5) is 28.8. The van der Waals surface area contributed by atoms with Crippen molar-refractivity contribution in [1.82, 2.24) is 4.90 Å². The van der Waals surface area contributed by atoms with Crippen LogP contribution in [0.1, 0.15) is 23.6 Å². The van der Waals surface area contributed by atoms with Crippen molar-refractivity contribution in [2.24, 2.45) is 0 Å². The van der Waals surface area contributed by atoms with Crippen molar-refractivity contribution >= 4 is 17.5 Å². The molecule has 2 amide bonds. The van der Waals surface area contributed by atoms with Crippen molar-refractivity contribution in [2.45, 2.75) is 32.4 Å². The van der Waals surface area contributed by atoms with Crippen LogP contribution >= 0.6 is 0 Å². The molecule has 0 bridgehead atoms. The Kier molecular flexibility index (Phi) is 3.60. The van der Waals surface area contributed by atoms with Gasteiger partial charge in [-0.15, -0.1) is 0 Å². The molecule has 24 heavy (non-hydrogen) atoms. The normalized spacial score (nSPS) is 19.0. The molecule has 0 saturated carbocycles. The highest BCUT2D eigenvalue weighted by Crippen LogP contribution is 2.33. The maximum atomic E-state index is 13.1. The van der Waals surface area contributed by atoms with Crippen LogP contribution in [-0.2, 0) is 29.0 Å². The maximum Gasteiger partial charge on any atom is 0.246 e. The molecule has 1 atom stereocenters. The molecule has 0 aromatic heterocycles. The zero-order valence-corrected chi connectivity index (χ0v) is 13.7. The molecule has 2 aromatic carbocycles. The highest BCUT2D eigenvalue weighted by Gasteiger charge is 2.39. The minimum atomic E-state index is -0.412. The summed E-state index contributed by atoms with van der Waals surface area (Å²) in [6.45, 7) is 2.88. The number of hydrogen-bond donors (Lipinski definition) is 0. The Bertz CT molecular complexity index is 815. The minimum Gasteiger partial charge on any atom is -0.336 e. The van der Waals surface area contributed by atoms with Gasteiger partial charge in [-0.25, -0.2) is 0 Å². The molecule has 4 heteroatoms. The Labute approximate surface area is 141 Å². The molecular formula is C20H20N2O2. The van der Waals surface area contributed by atoms with Gasteiger partial charge in [0.05, 0.1) is 0 Å². The number of benzene rings is 2. The standard InChI is InChI=1S/C20H20N2O2/c1-14(23)22-18-9-5-4-7-16(18)12-19(22)20(24)21-11-10-15-6-2-3-8-17(15)13-21/h2-9,19H,10-13H2,1H3. The number of rotatable bonds is 1. The van der Waals surface area contributed by atoms with Gasteiger partial charge in [0.15, 0.2) is 0 Å². The van der Waals surface area contributed by atoms with Crippen molar-refractivity contribution in [3.63, 3.8) is 0 Å². The lowest BCUT2D eigenvalue weighted by molar-refractivity contribution is -0.135. The van der Waals surface area contributed by atoms with Crippen LogP contribution < -0.4 is 4.90 Å². The predicted molar refractivity (Wildman–Crippen MR) is 92.7 cm³/mol. The van der Waals surface area contributed by atoms with Crippen LogP contribution in [0.3, 0.4) is 0 Å². The fourth-order valence-corrected chi connectivity index (χ4v) is 3.87. The molecule has 4 nitrogen and oxygen atoms in total. The summed E-state index contributed by atoms with van der Waals surface area (Å²) in [5.74, 6) is -0.0217. The van der Waals surface area contributed by atoms with Crippen LogP contribution in [0.25, 0.3) is 0 Å². The second kappa shape index (κ2) is 5.78. The Hall–Kier alpha value is -2.62. The van der Waals surface area contributed by atoms with E-state index in [4.69, 9.17) is 0 Å². The number of anilines is 1. The van der Waals surface area contributed by atoms with Gasteiger partial charge in [-0.1, -0.05) is 42.5 Å². The highest BCUT2D eigenvalue weighted by molar-refractivity contribution is 6.02. The fraction of sp³-hybridized carbons (Fsp3) is 0.300. The summed E-state index contributed by atoms with van der Waals surface area (Å²) in [5.41, 5.74) is 4.48. The second-order valence-corrected chi connectivity index (χ2v) is 6.52. The molecule has 2 aliphatic heterocycles. The first-order valence-corrected chi connectivity index (χ1v) is 8.38. The third kappa shape index (κ3) is 2.39. The van der Waals surface area contributed by atoms with Gasteiger partial charge >= 0.3 is 0 Å². The molecule has 0 saturated heterocycles. The Morgan fingerprint density at radius 1 is 0.958 bits per heavy atom. The molecule has 2 aliphatic rings. The molecule has 0 fully saturated rings. The maximum absolute atomic E-state index is 13.1. The van der Waals surface area contributed by atoms with E-state index < -0.39 is 6.04 Å². The number of carbonyl (C=O) groups excluding carboxylic acids is 2. The number of carbonyl (C=O) groups is 2. The average molecular weight is 320 g/mol. The minimum absolute atomic E-state index is 0.0518. The molecule has 0 aliphatic carbocycles. The van der Waals surface area contributed by atoms with E-state index >= 15 is 0 Å². The Balaban J connectivity index is 1.60. The lowest BCUT2D eigenvalue weighted by Crippen LogP contribution is -2.50. The smallest absolute Gasteiger partial charge is 0.246 e. The van der Waals surface area contributed by atoms with Crippen LogP contribution in [-0.4, -0.2) is 29.3 Å². The molecule has 2 heterocycles. The molecule has 0 N–H and O–H groups in total. The van der Waals surface area contributed by atoms with Crippen molar-refractivity contribution in [1.29, 1.82) is 0 Å². The number of hydrogen-bond acceptors (Lipinski definition) is 2. The third-order valence-corrected chi connectivity index (χ3v) is 5.04. The molecule has 122 valence electrons. The van der Waals surface area contributed by atoms with E-state index in [1.54, 1.807) is 4.90 Å². The van der Waals surface area contributed by atoms with Gasteiger partial charge in [0, 0.05) is 32.1 Å². The Morgan fingerprint density at radius 3 is 2.38 bits per heavy atom. The number of fused-ring (bicyclic) bond motifs is 2. The summed E-state index contributed by atoms with van der Waals surface area (Å²) < 4.78 is 0. The second-order valence-electron chi connectivity index (χ2n) is 6.52. The first-order chi connectivity index (χ1) is 11.6. The van der Waals surface area contributed by atoms with E-state index in [0.29, 0.717) is 19.5 Å². The summed E-state index contributed by atoms with van der Waals surface area (Å²) in [6.07, 6.45) is 1.48. The van der Waals surface area contributed by atoms with Gasteiger partial charge in [0.1, 0.15) is 6.04 Å². The van der Waals surface area contributed by atoms with Crippen LogP contribution in [0.4, 0.5) is 5.69 Å². The number of nitrogens with zero attached hydrogens (tertiary/aromatic N) is 2. The summed E-state index contributed by atoms with van der Waals surface area (Å²) in [7, 11) is 0. The van der Waals surface area contributed by atoms with Crippen molar-refractivity contribution in [3.8, 4) is 0 Å². The van der Waals surface area contributed by atoms with E-state index in [-0.39, 0.29) is 11.8 Å². The van der Waals surface area contributed by atoms with E-state index in [2.05, 4.69) is 12.1 Å². The van der Waals surface area contributed by atoms with E-state index in [1.807, 2.05) is 41.3 Å².